The fraction of sp³-hybridized carbons (Fsp3) is 0.299. The molecule has 2 N–H and O–H groups in total. The van der Waals surface area contributed by atoms with E-state index < -0.39 is 5.82 Å². The zero-order valence-electron chi connectivity index (χ0n) is 74.0. The smallest absolute Gasteiger partial charge is 0.162 e. The number of aromatic nitrogens is 7. The summed E-state index contributed by atoms with van der Waals surface area (Å²) in [5, 5.41) is 0. The highest BCUT2D eigenvalue weighted by Gasteiger charge is 2.27. The molecule has 4 aliphatic heterocycles. The Kier molecular flexibility index (Phi) is 26.7. The van der Waals surface area contributed by atoms with Crippen molar-refractivity contribution in [1.82, 2.24) is 74.1 Å². The Morgan fingerprint density at radius 2 is 0.619 bits per heavy atom. The van der Waals surface area contributed by atoms with E-state index in [2.05, 4.69) is 240 Å². The molecular formula is C107H113FN16O2. The number of hydrogen-bond donors (Lipinski definition) is 1. The monoisotopic (exact) mass is 1670 g/mol. The van der Waals surface area contributed by atoms with Crippen molar-refractivity contribution in [3.63, 3.8) is 0 Å². The summed E-state index contributed by atoms with van der Waals surface area (Å²) in [5.74, 6) is 0.728. The van der Waals surface area contributed by atoms with Gasteiger partial charge in [-0.3, -0.25) is 49.1 Å². The third-order valence-corrected chi connectivity index (χ3v) is 26.0. The summed E-state index contributed by atoms with van der Waals surface area (Å²) in [4.78, 5) is 75.3. The standard InChI is InChI=1S/C28H28FN3O.C28H29N3O.C26H29N5.C25H27N5/c1-19(33)25-15-22(7-9-27(25)29)24-8-10-28-26(24)16-23(17-30-28)21-5-3-20(4-6-21)18-32-13-11-31(2)12-14-32;1-20(32)23-4-3-5-24(16-23)26-10-11-28-27(26)17-25(18-29-28)22-8-6-21(7-9-22)19-31-14-12-30(2)13-15-31;1-18-13-22(16-29-26(18)27)23-7-8-25-24(23)14-21(15-28-25)20-5-3-19(4-6-20)17-31-11-9-30(2)10-12-31;1-18-26-15-22(16-27-18)23-7-8-25-24(23)13-21(14-28-25)20-5-3-19(4-6-20)17-30-11-9-29(2)10-12-30/h3-9,15-17H,10-14,18H2,1-2H3;3-10,16-18H,11-15,19H2,1-2H3;3-7,13-16H,8-12,17H2,1-2H3,(H2,27,29);3-7,13-16H,8-12,17H2,1-2H3. The van der Waals surface area contributed by atoms with E-state index in [4.69, 9.17) is 25.7 Å². The molecule has 4 saturated heterocycles. The van der Waals surface area contributed by atoms with Crippen molar-refractivity contribution in [3.05, 3.63) is 355 Å². The molecule has 0 saturated carbocycles. The lowest BCUT2D eigenvalue weighted by Gasteiger charge is -2.32. The summed E-state index contributed by atoms with van der Waals surface area (Å²) in [6.07, 6.45) is 25.7. The van der Waals surface area contributed by atoms with Crippen molar-refractivity contribution in [1.29, 1.82) is 0 Å². The molecule has 0 amide bonds. The fourth-order valence-electron chi connectivity index (χ4n) is 17.9. The van der Waals surface area contributed by atoms with Crippen LogP contribution in [0, 0.1) is 19.7 Å². The number of pyridine rings is 5. The molecule has 640 valence electrons. The third kappa shape index (κ3) is 20.7. The number of nitrogens with two attached hydrogens (primary N) is 1. The van der Waals surface area contributed by atoms with Crippen LogP contribution in [0.5, 0.6) is 0 Å². The van der Waals surface area contributed by atoms with Gasteiger partial charge in [0, 0.05) is 261 Å². The summed E-state index contributed by atoms with van der Waals surface area (Å²) < 4.78 is 14.0. The topological polar surface area (TPSA) is 176 Å². The molecule has 20 rings (SSSR count). The first kappa shape index (κ1) is 86.0. The number of aryl methyl sites for hydroxylation is 2. The van der Waals surface area contributed by atoms with Gasteiger partial charge in [0.15, 0.2) is 11.6 Å². The zero-order chi connectivity index (χ0) is 86.9. The van der Waals surface area contributed by atoms with Crippen LogP contribution >= 0.6 is 0 Å². The van der Waals surface area contributed by atoms with Gasteiger partial charge < -0.3 is 25.3 Å². The number of ketones is 2. The number of benzene rings is 6. The van der Waals surface area contributed by atoms with Gasteiger partial charge in [-0.05, 0) is 188 Å². The number of hydrogen-bond acceptors (Lipinski definition) is 18. The molecule has 6 aromatic heterocycles. The molecule has 19 heteroatoms. The van der Waals surface area contributed by atoms with Gasteiger partial charge in [-0.2, -0.15) is 0 Å². The summed E-state index contributed by atoms with van der Waals surface area (Å²) in [6.45, 7) is 29.1. The molecule has 4 fully saturated rings. The molecule has 8 aliphatic rings. The van der Waals surface area contributed by atoms with Gasteiger partial charge in [0.2, 0.25) is 0 Å². The van der Waals surface area contributed by atoms with E-state index in [-0.39, 0.29) is 17.1 Å². The van der Waals surface area contributed by atoms with Crippen molar-refractivity contribution in [2.75, 3.05) is 139 Å². The maximum absolute atomic E-state index is 14.0. The fourth-order valence-corrected chi connectivity index (χ4v) is 17.9. The minimum absolute atomic E-state index is 0.0919. The van der Waals surface area contributed by atoms with Gasteiger partial charge >= 0.3 is 0 Å². The van der Waals surface area contributed by atoms with E-state index in [0.717, 1.165) is 258 Å². The first-order valence-electron chi connectivity index (χ1n) is 44.5. The van der Waals surface area contributed by atoms with E-state index in [1.807, 2.05) is 75.4 Å². The molecule has 0 atom stereocenters. The molecule has 126 heavy (non-hydrogen) atoms. The average Bonchev–Trinajstić information content (AvgIpc) is 1.64. The number of fused-ring (bicyclic) bond motifs is 4. The van der Waals surface area contributed by atoms with Gasteiger partial charge in [0.1, 0.15) is 17.5 Å². The number of carbonyl (C=O) groups is 2. The van der Waals surface area contributed by atoms with Crippen molar-refractivity contribution >= 4 is 39.7 Å². The Balaban J connectivity index is 0.000000119. The lowest BCUT2D eigenvalue weighted by molar-refractivity contribution is 0.100. The second kappa shape index (κ2) is 39.2. The van der Waals surface area contributed by atoms with E-state index in [9.17, 15) is 14.0 Å². The van der Waals surface area contributed by atoms with Crippen molar-refractivity contribution in [2.45, 2.75) is 79.6 Å². The Morgan fingerprint density at radius 1 is 0.317 bits per heavy atom. The van der Waals surface area contributed by atoms with Gasteiger partial charge in [-0.25, -0.2) is 19.3 Å². The largest absolute Gasteiger partial charge is 0.383 e. The minimum atomic E-state index is -0.478. The van der Waals surface area contributed by atoms with Gasteiger partial charge in [0.05, 0.1) is 28.3 Å². The predicted molar refractivity (Wildman–Crippen MR) is 506 cm³/mol. The Labute approximate surface area is 741 Å². The van der Waals surface area contributed by atoms with E-state index in [1.54, 1.807) is 19.1 Å². The zero-order valence-corrected chi connectivity index (χ0v) is 74.0. The first-order chi connectivity index (χ1) is 61.3. The summed E-state index contributed by atoms with van der Waals surface area (Å²) >= 11 is 0. The molecule has 18 nitrogen and oxygen atoms in total. The third-order valence-electron chi connectivity index (χ3n) is 26.0. The highest BCUT2D eigenvalue weighted by Crippen LogP contribution is 2.40. The van der Waals surface area contributed by atoms with E-state index in [1.165, 1.54) is 85.3 Å². The van der Waals surface area contributed by atoms with Crippen molar-refractivity contribution in [2.24, 2.45) is 0 Å². The maximum atomic E-state index is 14.0. The second-order valence-corrected chi connectivity index (χ2v) is 35.1. The lowest BCUT2D eigenvalue weighted by Crippen LogP contribution is -2.43. The van der Waals surface area contributed by atoms with Crippen LogP contribution in [0.3, 0.4) is 0 Å². The molecular weight excluding hydrogens is 1560 g/mol. The number of Topliss-reactive ketones (excluding diaryl/α,β-unsaturated/α-hetero) is 2. The molecule has 10 heterocycles. The summed E-state index contributed by atoms with van der Waals surface area (Å²) in [5.41, 5.74) is 40.1. The maximum Gasteiger partial charge on any atom is 0.162 e. The number of allylic oxidation sites excluding steroid dienone is 4. The van der Waals surface area contributed by atoms with Gasteiger partial charge in [0.25, 0.3) is 0 Å². The molecule has 6 aromatic carbocycles. The van der Waals surface area contributed by atoms with Crippen LogP contribution in [0.15, 0.2) is 238 Å². The molecule has 12 aromatic rings. The first-order valence-corrected chi connectivity index (χ1v) is 44.5. The van der Waals surface area contributed by atoms with Gasteiger partial charge in [-0.15, -0.1) is 0 Å². The van der Waals surface area contributed by atoms with Gasteiger partial charge in [-0.1, -0.05) is 146 Å². The predicted octanol–water partition coefficient (Wildman–Crippen LogP) is 16.9. The second-order valence-electron chi connectivity index (χ2n) is 35.1. The van der Waals surface area contributed by atoms with Crippen LogP contribution in [0.2, 0.25) is 0 Å². The molecule has 4 aliphatic carbocycles. The number of rotatable bonds is 18. The van der Waals surface area contributed by atoms with Crippen LogP contribution in [-0.2, 0) is 51.9 Å². The summed E-state index contributed by atoms with van der Waals surface area (Å²) in [7, 11) is 8.76. The highest BCUT2D eigenvalue weighted by molar-refractivity contribution is 5.98. The Morgan fingerprint density at radius 3 is 0.944 bits per heavy atom. The van der Waals surface area contributed by atoms with Crippen molar-refractivity contribution < 1.29 is 14.0 Å². The molecule has 0 bridgehead atoms. The Bertz CT molecular complexity index is 6070. The lowest BCUT2D eigenvalue weighted by atomic mass is 9.95. The molecule has 0 spiro atoms. The molecule has 0 unspecified atom stereocenters. The van der Waals surface area contributed by atoms with Crippen LogP contribution in [-0.4, -0.2) is 219 Å². The number of likely N-dealkylation sites (N-methyl/N-ethyl adjacent to an activating group) is 4. The number of nitrogen functional groups attached to an aromatic ring is 1. The SMILES string of the molecule is CC(=O)c1cc(C2=CCc3ncc(-c4ccc(CN5CCN(C)CC5)cc4)cc32)ccc1F.CC(=O)c1cccc(C2=CCc3ncc(-c4ccc(CN5CCN(C)CC5)cc4)cc32)c1.Cc1cc(C2=CCc3ncc(-c4ccc(CN5CCN(C)CC5)cc4)cc32)cnc1N.Cc1ncc(C2=CCc3ncc(-c4ccc(CN5CCN(C)CC5)cc4)cc32)cn1. The van der Waals surface area contributed by atoms with Crippen molar-refractivity contribution in [3.8, 4) is 44.5 Å². The van der Waals surface area contributed by atoms with Crippen LogP contribution in [0.1, 0.15) is 135 Å². The number of halogens is 1. The minimum Gasteiger partial charge on any atom is -0.383 e. The number of anilines is 1. The summed E-state index contributed by atoms with van der Waals surface area (Å²) in [6, 6.07) is 59.3. The number of piperazine rings is 4. The number of nitrogens with zero attached hydrogens (tertiary/aromatic N) is 15. The Hall–Kier alpha value is -12.1. The average molecular weight is 1670 g/mol. The number of carbonyl (C=O) groups excluding carboxylic acids is 2. The normalized spacial score (nSPS) is 16.8. The van der Waals surface area contributed by atoms with Crippen LogP contribution in [0.25, 0.3) is 66.8 Å². The quantitative estimate of drug-likeness (QED) is 0.0802. The van der Waals surface area contributed by atoms with Crippen LogP contribution in [0.4, 0.5) is 10.2 Å². The highest BCUT2D eigenvalue weighted by atomic mass is 19.1. The van der Waals surface area contributed by atoms with E-state index >= 15 is 0 Å². The van der Waals surface area contributed by atoms with Crippen LogP contribution < -0.4 is 5.73 Å². The van der Waals surface area contributed by atoms with E-state index in [0.29, 0.717) is 5.82 Å². The molecule has 0 radical (unpaired) electrons.